The molecule has 26 heavy (non-hydrogen) atoms. The van der Waals surface area contributed by atoms with Crippen molar-refractivity contribution in [3.63, 3.8) is 0 Å². The molecule has 0 unspecified atom stereocenters. The van der Waals surface area contributed by atoms with Crippen LogP contribution in [0.1, 0.15) is 42.6 Å². The van der Waals surface area contributed by atoms with Gasteiger partial charge in [0.05, 0.1) is 11.4 Å². The van der Waals surface area contributed by atoms with Gasteiger partial charge in [-0.3, -0.25) is 5.10 Å². The number of aromatic nitrogens is 2. The van der Waals surface area contributed by atoms with Crippen molar-refractivity contribution in [2.75, 3.05) is 0 Å². The number of nitrogens with zero attached hydrogens (tertiary/aromatic N) is 2. The van der Waals surface area contributed by atoms with Gasteiger partial charge in [-0.05, 0) is 45.2 Å². The SMILES string of the molecule is Cc1ccccc1O[C@H]1C[C@H]2CC[C@@H](C1)N2S(=O)(=O)c1c(C)n[nH]c1C. The van der Waals surface area contributed by atoms with Crippen molar-refractivity contribution in [2.45, 2.75) is 69.5 Å². The lowest BCUT2D eigenvalue weighted by molar-refractivity contribution is 0.0950. The predicted molar refractivity (Wildman–Crippen MR) is 98.7 cm³/mol. The van der Waals surface area contributed by atoms with Crippen LogP contribution in [0.15, 0.2) is 29.2 Å². The Kier molecular flexibility index (Phi) is 4.31. The zero-order chi connectivity index (χ0) is 18.5. The summed E-state index contributed by atoms with van der Waals surface area (Å²) in [6, 6.07) is 7.99. The maximum absolute atomic E-state index is 13.3. The van der Waals surface area contributed by atoms with Crippen molar-refractivity contribution in [1.29, 1.82) is 0 Å². The molecule has 3 atom stereocenters. The van der Waals surface area contributed by atoms with Crippen molar-refractivity contribution in [1.82, 2.24) is 14.5 Å². The second kappa shape index (κ2) is 6.39. The summed E-state index contributed by atoms with van der Waals surface area (Å²) in [7, 11) is -3.54. The molecule has 3 heterocycles. The Bertz CT molecular complexity index is 888. The number of para-hydroxylation sites is 1. The third-order valence-corrected chi connectivity index (χ3v) is 7.87. The molecule has 1 aromatic heterocycles. The third-order valence-electron chi connectivity index (χ3n) is 5.61. The Balaban J connectivity index is 1.57. The third kappa shape index (κ3) is 2.83. The van der Waals surface area contributed by atoms with Gasteiger partial charge in [0.2, 0.25) is 10.0 Å². The van der Waals surface area contributed by atoms with Gasteiger partial charge in [-0.25, -0.2) is 8.42 Å². The second-order valence-electron chi connectivity index (χ2n) is 7.46. The fourth-order valence-electron chi connectivity index (χ4n) is 4.47. The van der Waals surface area contributed by atoms with Gasteiger partial charge in [0.15, 0.2) is 0 Å². The molecule has 0 radical (unpaired) electrons. The van der Waals surface area contributed by atoms with E-state index in [0.29, 0.717) is 16.3 Å². The summed E-state index contributed by atoms with van der Waals surface area (Å²) in [5.41, 5.74) is 2.26. The molecule has 1 N–H and O–H groups in total. The molecule has 0 saturated carbocycles. The number of aryl methyl sites for hydroxylation is 3. The Morgan fingerprint density at radius 3 is 2.35 bits per heavy atom. The van der Waals surface area contributed by atoms with E-state index in [0.717, 1.165) is 37.0 Å². The molecule has 2 saturated heterocycles. The van der Waals surface area contributed by atoms with Crippen LogP contribution in [0.3, 0.4) is 0 Å². The van der Waals surface area contributed by atoms with Crippen molar-refractivity contribution >= 4 is 10.0 Å². The molecule has 6 nitrogen and oxygen atoms in total. The fraction of sp³-hybridized carbons (Fsp3) is 0.526. The largest absolute Gasteiger partial charge is 0.490 e. The van der Waals surface area contributed by atoms with Gasteiger partial charge in [-0.15, -0.1) is 0 Å². The van der Waals surface area contributed by atoms with Crippen LogP contribution in [-0.4, -0.2) is 41.1 Å². The van der Waals surface area contributed by atoms with Crippen molar-refractivity contribution in [2.24, 2.45) is 0 Å². The summed E-state index contributed by atoms with van der Waals surface area (Å²) in [6.07, 6.45) is 3.33. The number of hydrogen-bond acceptors (Lipinski definition) is 4. The average molecular weight is 375 g/mol. The standard InChI is InChI=1S/C19H25N3O3S/c1-12-6-4-5-7-18(12)25-17-10-15-8-9-16(11-17)22(15)26(23,24)19-13(2)20-21-14(19)3/h4-7,15-17H,8-11H2,1-3H3,(H,20,21)/t15-,16+,17+. The highest BCUT2D eigenvalue weighted by Gasteiger charge is 2.48. The average Bonchev–Trinajstić information content (AvgIpc) is 3.07. The van der Waals surface area contributed by atoms with E-state index in [1.54, 1.807) is 18.2 Å². The van der Waals surface area contributed by atoms with Gasteiger partial charge in [0, 0.05) is 24.9 Å². The van der Waals surface area contributed by atoms with E-state index in [1.165, 1.54) is 0 Å². The van der Waals surface area contributed by atoms with Gasteiger partial charge in [0.25, 0.3) is 0 Å². The Labute approximate surface area is 154 Å². The summed E-state index contributed by atoms with van der Waals surface area (Å²) in [5.74, 6) is 0.898. The molecule has 2 aliphatic rings. The van der Waals surface area contributed by atoms with Crippen LogP contribution < -0.4 is 4.74 Å². The summed E-state index contributed by atoms with van der Waals surface area (Å²) in [6.45, 7) is 5.54. The molecule has 2 bridgehead atoms. The zero-order valence-electron chi connectivity index (χ0n) is 15.4. The molecule has 0 spiro atoms. The first-order valence-corrected chi connectivity index (χ1v) is 10.6. The molecule has 2 aliphatic heterocycles. The van der Waals surface area contributed by atoms with Gasteiger partial charge < -0.3 is 4.74 Å². The van der Waals surface area contributed by atoms with Crippen molar-refractivity contribution in [3.05, 3.63) is 41.2 Å². The summed E-state index contributed by atoms with van der Waals surface area (Å²) < 4.78 is 34.5. The van der Waals surface area contributed by atoms with Crippen LogP contribution in [0.4, 0.5) is 0 Å². The number of sulfonamides is 1. The number of nitrogens with one attached hydrogen (secondary N) is 1. The van der Waals surface area contributed by atoms with Crippen LogP contribution in [0.2, 0.25) is 0 Å². The number of piperidine rings is 1. The van der Waals surface area contributed by atoms with E-state index in [9.17, 15) is 8.42 Å². The number of H-pyrrole nitrogens is 1. The molecule has 140 valence electrons. The minimum atomic E-state index is -3.54. The maximum atomic E-state index is 13.3. The Morgan fingerprint density at radius 1 is 1.12 bits per heavy atom. The Hall–Kier alpha value is -1.86. The number of fused-ring (bicyclic) bond motifs is 2. The second-order valence-corrected chi connectivity index (χ2v) is 9.24. The van der Waals surface area contributed by atoms with Gasteiger partial charge in [-0.2, -0.15) is 9.40 Å². The first kappa shape index (κ1) is 17.5. The van der Waals surface area contributed by atoms with E-state index in [-0.39, 0.29) is 18.2 Å². The van der Waals surface area contributed by atoms with E-state index in [2.05, 4.69) is 10.2 Å². The number of rotatable bonds is 4. The normalized spacial score (nSPS) is 26.2. The van der Waals surface area contributed by atoms with E-state index < -0.39 is 10.0 Å². The van der Waals surface area contributed by atoms with Crippen LogP contribution in [0.5, 0.6) is 5.75 Å². The summed E-state index contributed by atoms with van der Waals surface area (Å²) >= 11 is 0. The molecule has 1 aromatic carbocycles. The monoisotopic (exact) mass is 375 g/mol. The molecular weight excluding hydrogens is 350 g/mol. The summed E-state index contributed by atoms with van der Waals surface area (Å²) in [5, 5.41) is 6.87. The van der Waals surface area contributed by atoms with Gasteiger partial charge in [0.1, 0.15) is 16.7 Å². The molecular formula is C19H25N3O3S. The van der Waals surface area contributed by atoms with Gasteiger partial charge >= 0.3 is 0 Å². The lowest BCUT2D eigenvalue weighted by Gasteiger charge is -2.38. The van der Waals surface area contributed by atoms with Crippen LogP contribution in [-0.2, 0) is 10.0 Å². The number of ether oxygens (including phenoxy) is 1. The molecule has 4 rings (SSSR count). The molecule has 2 aromatic rings. The topological polar surface area (TPSA) is 75.3 Å². The maximum Gasteiger partial charge on any atom is 0.247 e. The number of aromatic amines is 1. The fourth-order valence-corrected chi connectivity index (χ4v) is 6.70. The van der Waals surface area contributed by atoms with E-state index in [4.69, 9.17) is 4.74 Å². The Morgan fingerprint density at radius 2 is 1.77 bits per heavy atom. The lowest BCUT2D eigenvalue weighted by Crippen LogP contribution is -2.49. The van der Waals surface area contributed by atoms with Crippen molar-refractivity contribution < 1.29 is 13.2 Å². The first-order valence-electron chi connectivity index (χ1n) is 9.15. The lowest BCUT2D eigenvalue weighted by atomic mass is 10.0. The quantitative estimate of drug-likeness (QED) is 0.891. The highest BCUT2D eigenvalue weighted by molar-refractivity contribution is 7.89. The van der Waals surface area contributed by atoms with Crippen LogP contribution >= 0.6 is 0 Å². The molecule has 0 aliphatic carbocycles. The highest BCUT2D eigenvalue weighted by atomic mass is 32.2. The number of hydrogen-bond donors (Lipinski definition) is 1. The van der Waals surface area contributed by atoms with Gasteiger partial charge in [-0.1, -0.05) is 18.2 Å². The smallest absolute Gasteiger partial charge is 0.247 e. The zero-order valence-corrected chi connectivity index (χ0v) is 16.2. The first-order chi connectivity index (χ1) is 12.4. The summed E-state index contributed by atoms with van der Waals surface area (Å²) in [4.78, 5) is 0.340. The highest BCUT2D eigenvalue weighted by Crippen LogP contribution is 2.41. The number of benzene rings is 1. The molecule has 2 fully saturated rings. The van der Waals surface area contributed by atoms with Crippen molar-refractivity contribution in [3.8, 4) is 5.75 Å². The minimum absolute atomic E-state index is 0.00136. The van der Waals surface area contributed by atoms with E-state index in [1.807, 2.05) is 31.2 Å². The predicted octanol–water partition coefficient (Wildman–Crippen LogP) is 3.10. The molecule has 0 amide bonds. The van der Waals surface area contributed by atoms with Crippen LogP contribution in [0, 0.1) is 20.8 Å². The van der Waals surface area contributed by atoms with E-state index >= 15 is 0 Å². The van der Waals surface area contributed by atoms with Crippen LogP contribution in [0.25, 0.3) is 0 Å². The minimum Gasteiger partial charge on any atom is -0.490 e. The molecule has 7 heteroatoms.